The van der Waals surface area contributed by atoms with E-state index in [1.807, 2.05) is 0 Å². The lowest BCUT2D eigenvalue weighted by molar-refractivity contribution is -0.232. The second-order valence-corrected chi connectivity index (χ2v) is 12.4. The van der Waals surface area contributed by atoms with Crippen LogP contribution in [0.5, 0.6) is 0 Å². The third kappa shape index (κ3) is 4.17. The standard InChI is InChI=1S/C31H38O10/c1-18-8-11-29-16-36-26(34)14-21-9-12-37-30(27(21)35,19(2)39-20(3)32)10-6-5-7-25(33)41-22-15-24(40-23(29)13-18)31(17-38-31)28(22,29)4/h5-7,10,13-14,19,22-24,27,35H,8-9,11-12,15-17H2,1-4H3/t19?,22-,23?,24?,27-,28-,29-,30?,31-/m1/s1. The Hall–Kier alpha value is -2.79. The Labute approximate surface area is 239 Å². The molecule has 4 fully saturated rings. The summed E-state index contributed by atoms with van der Waals surface area (Å²) < 4.78 is 36.3. The Kier molecular flexibility index (Phi) is 6.84. The SMILES string of the molecule is CC(=O)OC(C)C12C=CC=CC(=O)O[C@@H]3CC4OC5C=C(C)CC[C@]5(COC(=O)C=C(CCO1)[C@H]2O)[C@]3(C)[C@@]41CO1. The van der Waals surface area contributed by atoms with Crippen molar-refractivity contribution in [1.29, 1.82) is 0 Å². The van der Waals surface area contributed by atoms with E-state index in [0.29, 0.717) is 25.0 Å². The summed E-state index contributed by atoms with van der Waals surface area (Å²) in [6, 6.07) is 0. The first-order valence-electron chi connectivity index (χ1n) is 14.4. The predicted molar refractivity (Wildman–Crippen MR) is 143 cm³/mol. The van der Waals surface area contributed by atoms with E-state index in [2.05, 4.69) is 19.9 Å². The molecule has 4 unspecified atom stereocenters. The molecule has 2 spiro atoms. The van der Waals surface area contributed by atoms with Crippen molar-refractivity contribution < 1.29 is 47.9 Å². The Morgan fingerprint density at radius 1 is 1.12 bits per heavy atom. The average molecular weight is 571 g/mol. The van der Waals surface area contributed by atoms with Gasteiger partial charge in [-0.2, -0.15) is 0 Å². The minimum Gasteiger partial charge on any atom is -0.462 e. The van der Waals surface area contributed by atoms with Gasteiger partial charge in [0.15, 0.2) is 5.60 Å². The van der Waals surface area contributed by atoms with Gasteiger partial charge in [0.1, 0.15) is 30.5 Å². The highest BCUT2D eigenvalue weighted by molar-refractivity contribution is 5.83. The maximum absolute atomic E-state index is 13.4. The van der Waals surface area contributed by atoms with Crippen molar-refractivity contribution in [3.63, 3.8) is 0 Å². The molecular weight excluding hydrogens is 532 g/mol. The Balaban J connectivity index is 1.42. The molecule has 0 aromatic heterocycles. The summed E-state index contributed by atoms with van der Waals surface area (Å²) in [4.78, 5) is 38.3. The molecule has 2 aliphatic carbocycles. The number of aliphatic hydroxyl groups is 1. The van der Waals surface area contributed by atoms with Crippen LogP contribution in [0.1, 0.15) is 53.4 Å². The molecule has 41 heavy (non-hydrogen) atoms. The van der Waals surface area contributed by atoms with Crippen LogP contribution in [0.2, 0.25) is 0 Å². The van der Waals surface area contributed by atoms with Crippen molar-refractivity contribution in [1.82, 2.24) is 0 Å². The number of carbonyl (C=O) groups is 3. The first kappa shape index (κ1) is 28.3. The number of allylic oxidation sites excluding steroid dienone is 3. The summed E-state index contributed by atoms with van der Waals surface area (Å²) >= 11 is 0. The van der Waals surface area contributed by atoms with E-state index in [9.17, 15) is 19.5 Å². The zero-order valence-corrected chi connectivity index (χ0v) is 23.9. The fraction of sp³-hybridized carbons (Fsp3) is 0.645. The number of rotatable bonds is 2. The lowest BCUT2D eigenvalue weighted by atomic mass is 9.51. The van der Waals surface area contributed by atoms with Gasteiger partial charge in [0.05, 0.1) is 30.8 Å². The van der Waals surface area contributed by atoms with Crippen molar-refractivity contribution in [2.45, 2.75) is 95.1 Å². The molecule has 0 aromatic carbocycles. The predicted octanol–water partition coefficient (Wildman–Crippen LogP) is 2.64. The number of esters is 3. The van der Waals surface area contributed by atoms with Crippen LogP contribution in [-0.4, -0.2) is 84.6 Å². The van der Waals surface area contributed by atoms with Crippen LogP contribution in [0.4, 0.5) is 0 Å². The molecular formula is C31H38O10. The number of cyclic esters (lactones) is 1. The van der Waals surface area contributed by atoms with Gasteiger partial charge in [0, 0.05) is 30.9 Å². The molecule has 6 rings (SSSR count). The first-order chi connectivity index (χ1) is 19.5. The highest BCUT2D eigenvalue weighted by atomic mass is 16.6. The van der Waals surface area contributed by atoms with Gasteiger partial charge < -0.3 is 33.5 Å². The van der Waals surface area contributed by atoms with Gasteiger partial charge in [-0.05, 0) is 44.8 Å². The highest BCUT2D eigenvalue weighted by Gasteiger charge is 2.83. The monoisotopic (exact) mass is 570 g/mol. The quantitative estimate of drug-likeness (QED) is 0.229. The minimum absolute atomic E-state index is 0.0315. The summed E-state index contributed by atoms with van der Waals surface area (Å²) in [5.41, 5.74) is -1.86. The van der Waals surface area contributed by atoms with Gasteiger partial charge in [-0.15, -0.1) is 0 Å². The molecule has 4 heterocycles. The summed E-state index contributed by atoms with van der Waals surface area (Å²) in [5.74, 6) is -1.68. The van der Waals surface area contributed by atoms with Crippen molar-refractivity contribution in [3.05, 3.63) is 47.6 Å². The van der Waals surface area contributed by atoms with Crippen LogP contribution in [0, 0.1) is 10.8 Å². The normalized spacial score (nSPS) is 44.2. The third-order valence-electron chi connectivity index (χ3n) is 10.5. The van der Waals surface area contributed by atoms with E-state index in [0.717, 1.165) is 6.42 Å². The van der Waals surface area contributed by atoms with Gasteiger partial charge in [-0.1, -0.05) is 30.7 Å². The summed E-state index contributed by atoms with van der Waals surface area (Å²) in [6.07, 6.45) is 8.26. The maximum Gasteiger partial charge on any atom is 0.331 e. The summed E-state index contributed by atoms with van der Waals surface area (Å²) in [6.45, 7) is 7.73. The number of aliphatic hydroxyl groups excluding tert-OH is 1. The summed E-state index contributed by atoms with van der Waals surface area (Å²) in [7, 11) is 0. The first-order valence-corrected chi connectivity index (χ1v) is 14.4. The zero-order chi connectivity index (χ0) is 29.2. The number of ether oxygens (including phenoxy) is 6. The van der Waals surface area contributed by atoms with E-state index in [1.54, 1.807) is 19.1 Å². The molecule has 0 amide bonds. The molecule has 3 saturated heterocycles. The maximum atomic E-state index is 13.4. The topological polar surface area (TPSA) is 130 Å². The van der Waals surface area contributed by atoms with E-state index >= 15 is 0 Å². The van der Waals surface area contributed by atoms with Crippen molar-refractivity contribution in [2.75, 3.05) is 19.8 Å². The Bertz CT molecular complexity index is 1260. The van der Waals surface area contributed by atoms with Crippen molar-refractivity contribution >= 4 is 17.9 Å². The molecule has 0 aromatic rings. The molecule has 6 aliphatic rings. The molecule has 9 atom stereocenters. The average Bonchev–Trinajstić information content (AvgIpc) is 3.69. The van der Waals surface area contributed by atoms with Crippen LogP contribution >= 0.6 is 0 Å². The Morgan fingerprint density at radius 2 is 1.90 bits per heavy atom. The molecule has 4 aliphatic heterocycles. The smallest absolute Gasteiger partial charge is 0.331 e. The fourth-order valence-electron chi connectivity index (χ4n) is 8.00. The molecule has 222 valence electrons. The van der Waals surface area contributed by atoms with Gasteiger partial charge >= 0.3 is 17.9 Å². The fourth-order valence-corrected chi connectivity index (χ4v) is 8.00. The Morgan fingerprint density at radius 3 is 2.63 bits per heavy atom. The van der Waals surface area contributed by atoms with Crippen LogP contribution in [0.15, 0.2) is 47.6 Å². The van der Waals surface area contributed by atoms with E-state index in [1.165, 1.54) is 30.7 Å². The summed E-state index contributed by atoms with van der Waals surface area (Å²) in [5, 5.41) is 11.5. The molecule has 1 saturated carbocycles. The molecule has 10 heteroatoms. The van der Waals surface area contributed by atoms with Gasteiger partial charge in [-0.25, -0.2) is 9.59 Å². The van der Waals surface area contributed by atoms with Crippen LogP contribution in [-0.2, 0) is 42.8 Å². The molecule has 10 nitrogen and oxygen atoms in total. The van der Waals surface area contributed by atoms with E-state index in [-0.39, 0.29) is 31.8 Å². The van der Waals surface area contributed by atoms with Gasteiger partial charge in [0.2, 0.25) is 0 Å². The number of epoxide rings is 1. The van der Waals surface area contributed by atoms with E-state index < -0.39 is 58.3 Å². The number of carbonyl (C=O) groups excluding carboxylic acids is 3. The number of hydrogen-bond donors (Lipinski definition) is 1. The number of hydrogen-bond acceptors (Lipinski definition) is 10. The largest absolute Gasteiger partial charge is 0.462 e. The molecule has 4 bridgehead atoms. The van der Waals surface area contributed by atoms with Crippen LogP contribution in [0.25, 0.3) is 0 Å². The van der Waals surface area contributed by atoms with E-state index in [4.69, 9.17) is 28.4 Å². The second-order valence-electron chi connectivity index (χ2n) is 12.4. The van der Waals surface area contributed by atoms with Gasteiger partial charge in [-0.3, -0.25) is 4.79 Å². The lowest BCUT2D eigenvalue weighted by Crippen LogP contribution is -2.66. The number of fused-ring (bicyclic) bond motifs is 2. The molecule has 0 radical (unpaired) electrons. The zero-order valence-electron chi connectivity index (χ0n) is 23.9. The van der Waals surface area contributed by atoms with Crippen molar-refractivity contribution in [3.8, 4) is 0 Å². The lowest BCUT2D eigenvalue weighted by Gasteiger charge is -2.58. The van der Waals surface area contributed by atoms with Crippen molar-refractivity contribution in [2.24, 2.45) is 10.8 Å². The third-order valence-corrected chi connectivity index (χ3v) is 10.5. The second kappa shape index (κ2) is 9.90. The van der Waals surface area contributed by atoms with Crippen LogP contribution < -0.4 is 0 Å². The minimum atomic E-state index is -1.48. The van der Waals surface area contributed by atoms with Crippen LogP contribution in [0.3, 0.4) is 0 Å². The highest BCUT2D eigenvalue weighted by Crippen LogP contribution is 2.72. The molecule has 1 N–H and O–H groups in total. The van der Waals surface area contributed by atoms with Gasteiger partial charge in [0.25, 0.3) is 0 Å².